The van der Waals surface area contributed by atoms with Gasteiger partial charge >= 0.3 is 5.97 Å². The third-order valence-electron chi connectivity index (χ3n) is 3.96. The summed E-state index contributed by atoms with van der Waals surface area (Å²) in [6.07, 6.45) is 1.55. The van der Waals surface area contributed by atoms with Crippen LogP contribution in [-0.2, 0) is 4.74 Å². The van der Waals surface area contributed by atoms with Gasteiger partial charge in [0.1, 0.15) is 17.0 Å². The number of carbonyl (C=O) groups is 1. The first kappa shape index (κ1) is 16.2. The fourth-order valence-electron chi connectivity index (χ4n) is 2.64. The zero-order valence-corrected chi connectivity index (χ0v) is 14.8. The topological polar surface area (TPSA) is 64.1 Å². The second-order valence-corrected chi connectivity index (χ2v) is 6.64. The van der Waals surface area contributed by atoms with Crippen LogP contribution < -0.4 is 5.32 Å². The molecule has 2 heterocycles. The van der Waals surface area contributed by atoms with Crippen LogP contribution in [0, 0.1) is 0 Å². The fourth-order valence-corrected chi connectivity index (χ4v) is 3.65. The number of methoxy groups -OCH3 is 1. The number of aromatic nitrogens is 2. The summed E-state index contributed by atoms with van der Waals surface area (Å²) < 4.78 is 4.72. The third kappa shape index (κ3) is 3.14. The molecule has 0 unspecified atom stereocenters. The van der Waals surface area contributed by atoms with Crippen molar-refractivity contribution in [3.05, 3.63) is 72.6 Å². The molecule has 26 heavy (non-hydrogen) atoms. The van der Waals surface area contributed by atoms with Crippen LogP contribution >= 0.6 is 11.3 Å². The number of anilines is 2. The van der Waals surface area contributed by atoms with E-state index in [0.29, 0.717) is 5.56 Å². The van der Waals surface area contributed by atoms with Gasteiger partial charge in [-0.25, -0.2) is 14.8 Å². The Morgan fingerprint density at radius 3 is 2.54 bits per heavy atom. The van der Waals surface area contributed by atoms with Gasteiger partial charge in [0.05, 0.1) is 18.1 Å². The summed E-state index contributed by atoms with van der Waals surface area (Å²) in [4.78, 5) is 22.4. The van der Waals surface area contributed by atoms with Gasteiger partial charge in [0.15, 0.2) is 0 Å². The number of hydrogen-bond donors (Lipinski definition) is 1. The van der Waals surface area contributed by atoms with Crippen molar-refractivity contribution in [1.82, 2.24) is 9.97 Å². The molecule has 128 valence electrons. The number of nitrogens with zero attached hydrogens (tertiary/aromatic N) is 2. The number of thiophene rings is 1. The Morgan fingerprint density at radius 2 is 1.81 bits per heavy atom. The Kier molecular flexibility index (Phi) is 4.33. The second kappa shape index (κ2) is 6.93. The van der Waals surface area contributed by atoms with Crippen molar-refractivity contribution < 1.29 is 9.53 Å². The molecule has 2 aromatic carbocycles. The van der Waals surface area contributed by atoms with Crippen LogP contribution in [-0.4, -0.2) is 23.0 Å². The molecule has 0 aliphatic carbocycles. The number of hydrogen-bond acceptors (Lipinski definition) is 6. The van der Waals surface area contributed by atoms with Gasteiger partial charge in [0.2, 0.25) is 0 Å². The molecule has 5 nitrogen and oxygen atoms in total. The van der Waals surface area contributed by atoms with Gasteiger partial charge in [-0.3, -0.25) is 0 Å². The van der Waals surface area contributed by atoms with Gasteiger partial charge in [-0.15, -0.1) is 11.3 Å². The van der Waals surface area contributed by atoms with E-state index in [1.165, 1.54) is 7.11 Å². The van der Waals surface area contributed by atoms with Crippen molar-refractivity contribution in [1.29, 1.82) is 0 Å². The van der Waals surface area contributed by atoms with Gasteiger partial charge in [-0.05, 0) is 35.9 Å². The molecule has 0 aliphatic rings. The molecular weight excluding hydrogens is 346 g/mol. The summed E-state index contributed by atoms with van der Waals surface area (Å²) in [7, 11) is 1.37. The van der Waals surface area contributed by atoms with Crippen molar-refractivity contribution in [3.63, 3.8) is 0 Å². The third-order valence-corrected chi connectivity index (χ3v) is 5.05. The smallest absolute Gasteiger partial charge is 0.337 e. The van der Waals surface area contributed by atoms with Crippen LogP contribution in [0.2, 0.25) is 0 Å². The van der Waals surface area contributed by atoms with E-state index in [9.17, 15) is 4.79 Å². The second-order valence-electron chi connectivity index (χ2n) is 5.61. The molecule has 0 fully saturated rings. The quantitative estimate of drug-likeness (QED) is 0.524. The van der Waals surface area contributed by atoms with E-state index in [-0.39, 0.29) is 5.97 Å². The first-order chi connectivity index (χ1) is 12.7. The Morgan fingerprint density at radius 1 is 1.04 bits per heavy atom. The molecule has 0 spiro atoms. The van der Waals surface area contributed by atoms with Crippen LogP contribution in [0.4, 0.5) is 11.5 Å². The van der Waals surface area contributed by atoms with E-state index >= 15 is 0 Å². The van der Waals surface area contributed by atoms with Crippen LogP contribution in [0.3, 0.4) is 0 Å². The number of rotatable bonds is 4. The van der Waals surface area contributed by atoms with Crippen molar-refractivity contribution >= 4 is 39.0 Å². The Balaban J connectivity index is 1.66. The van der Waals surface area contributed by atoms with Gasteiger partial charge in [-0.1, -0.05) is 30.3 Å². The molecule has 1 N–H and O–H groups in total. The SMILES string of the molecule is COC(=O)c1ccc(Nc2ncnc3sc(-c4ccccc4)cc23)cc1. The summed E-state index contributed by atoms with van der Waals surface area (Å²) in [6.45, 7) is 0. The van der Waals surface area contributed by atoms with Crippen LogP contribution in [0.25, 0.3) is 20.7 Å². The summed E-state index contributed by atoms with van der Waals surface area (Å²) in [6, 6.07) is 19.4. The Bertz CT molecular complexity index is 1060. The van der Waals surface area contributed by atoms with Crippen molar-refractivity contribution in [2.24, 2.45) is 0 Å². The highest BCUT2D eigenvalue weighted by Gasteiger charge is 2.11. The van der Waals surface area contributed by atoms with Crippen molar-refractivity contribution in [2.75, 3.05) is 12.4 Å². The lowest BCUT2D eigenvalue weighted by atomic mass is 10.2. The highest BCUT2D eigenvalue weighted by Crippen LogP contribution is 2.35. The molecule has 4 rings (SSSR count). The van der Waals surface area contributed by atoms with Gasteiger partial charge in [0.25, 0.3) is 0 Å². The molecule has 0 atom stereocenters. The minimum Gasteiger partial charge on any atom is -0.465 e. The van der Waals surface area contributed by atoms with Crippen molar-refractivity contribution in [2.45, 2.75) is 0 Å². The molecule has 0 radical (unpaired) electrons. The lowest BCUT2D eigenvalue weighted by Gasteiger charge is -2.07. The maximum Gasteiger partial charge on any atom is 0.337 e. The molecule has 0 amide bonds. The summed E-state index contributed by atoms with van der Waals surface area (Å²) in [5.41, 5.74) is 2.50. The van der Waals surface area contributed by atoms with Gasteiger partial charge < -0.3 is 10.1 Å². The predicted molar refractivity (Wildman–Crippen MR) is 104 cm³/mol. The first-order valence-electron chi connectivity index (χ1n) is 8.00. The number of esters is 1. The maximum absolute atomic E-state index is 11.5. The Labute approximate surface area is 154 Å². The van der Waals surface area contributed by atoms with E-state index in [1.54, 1.807) is 29.8 Å². The lowest BCUT2D eigenvalue weighted by molar-refractivity contribution is 0.0601. The predicted octanol–water partition coefficient (Wildman–Crippen LogP) is 4.89. The molecule has 4 aromatic rings. The molecule has 0 bridgehead atoms. The number of fused-ring (bicyclic) bond motifs is 1. The minimum atomic E-state index is -0.355. The summed E-state index contributed by atoms with van der Waals surface area (Å²) in [5.74, 6) is 0.380. The largest absolute Gasteiger partial charge is 0.465 e. The number of benzene rings is 2. The zero-order chi connectivity index (χ0) is 17.9. The summed E-state index contributed by atoms with van der Waals surface area (Å²) >= 11 is 1.63. The number of carbonyl (C=O) groups excluding carboxylic acids is 1. The molecule has 2 aromatic heterocycles. The van der Waals surface area contributed by atoms with E-state index in [2.05, 4.69) is 33.5 Å². The zero-order valence-electron chi connectivity index (χ0n) is 14.0. The maximum atomic E-state index is 11.5. The average molecular weight is 361 g/mol. The minimum absolute atomic E-state index is 0.355. The lowest BCUT2D eigenvalue weighted by Crippen LogP contribution is -2.01. The molecule has 6 heteroatoms. The van der Waals surface area contributed by atoms with E-state index < -0.39 is 0 Å². The highest BCUT2D eigenvalue weighted by molar-refractivity contribution is 7.21. The monoisotopic (exact) mass is 361 g/mol. The van der Waals surface area contributed by atoms with Crippen LogP contribution in [0.1, 0.15) is 10.4 Å². The fraction of sp³-hybridized carbons (Fsp3) is 0.0500. The van der Waals surface area contributed by atoms with Crippen LogP contribution in [0.15, 0.2) is 67.0 Å². The number of nitrogens with one attached hydrogen (secondary N) is 1. The Hall–Kier alpha value is -3.25. The molecule has 0 saturated heterocycles. The van der Waals surface area contributed by atoms with Gasteiger partial charge in [-0.2, -0.15) is 0 Å². The average Bonchev–Trinajstić information content (AvgIpc) is 3.14. The van der Waals surface area contributed by atoms with E-state index in [1.807, 2.05) is 30.3 Å². The highest BCUT2D eigenvalue weighted by atomic mass is 32.1. The van der Waals surface area contributed by atoms with Gasteiger partial charge in [0, 0.05) is 10.6 Å². The molecule has 0 saturated carbocycles. The first-order valence-corrected chi connectivity index (χ1v) is 8.81. The molecular formula is C20H15N3O2S. The van der Waals surface area contributed by atoms with E-state index in [0.717, 1.165) is 32.2 Å². The van der Waals surface area contributed by atoms with Crippen molar-refractivity contribution in [3.8, 4) is 10.4 Å². The standard InChI is InChI=1S/C20H15N3O2S/c1-25-20(24)14-7-9-15(10-8-14)23-18-16-11-17(13-5-3-2-4-6-13)26-19(16)22-12-21-18/h2-12H,1H3,(H,21,22,23). The van der Waals surface area contributed by atoms with E-state index in [4.69, 9.17) is 4.74 Å². The molecule has 0 aliphatic heterocycles. The normalized spacial score (nSPS) is 10.7. The van der Waals surface area contributed by atoms with Crippen LogP contribution in [0.5, 0.6) is 0 Å². The number of ether oxygens (including phenoxy) is 1. The summed E-state index contributed by atoms with van der Waals surface area (Å²) in [5, 5.41) is 4.27.